The summed E-state index contributed by atoms with van der Waals surface area (Å²) in [5, 5.41) is 9.72. The van der Waals surface area contributed by atoms with Gasteiger partial charge in [0.25, 0.3) is 0 Å². The number of hydrogen-bond donors (Lipinski definition) is 1. The Morgan fingerprint density at radius 2 is 1.92 bits per heavy atom. The molecule has 1 atom stereocenters. The van der Waals surface area contributed by atoms with E-state index in [-0.39, 0.29) is 6.10 Å². The standard InChI is InChI=1S/C19H28N6O/c1-2-23-13-9-20-18(23)15-4-3-10-25(14-15)19-21-8-5-17(22-19)24-11-6-16(26)7-12-24/h5,8-9,13,15-16,26H,2-4,6-7,10-12,14H2,1H3. The highest BCUT2D eigenvalue weighted by molar-refractivity contribution is 5.44. The molecule has 0 bridgehead atoms. The minimum atomic E-state index is -0.169. The van der Waals surface area contributed by atoms with Crippen molar-refractivity contribution in [3.05, 3.63) is 30.5 Å². The van der Waals surface area contributed by atoms with Crippen LogP contribution in [0.2, 0.25) is 0 Å². The minimum Gasteiger partial charge on any atom is -0.393 e. The van der Waals surface area contributed by atoms with Gasteiger partial charge in [0, 0.05) is 57.2 Å². The van der Waals surface area contributed by atoms with Crippen molar-refractivity contribution in [2.75, 3.05) is 36.0 Å². The monoisotopic (exact) mass is 356 g/mol. The Bertz CT molecular complexity index is 724. The maximum Gasteiger partial charge on any atom is 0.227 e. The second-order valence-electron chi connectivity index (χ2n) is 7.29. The van der Waals surface area contributed by atoms with E-state index in [1.165, 1.54) is 5.82 Å². The van der Waals surface area contributed by atoms with Crippen molar-refractivity contribution in [1.29, 1.82) is 0 Å². The normalized spacial score (nSPS) is 22.0. The third-order valence-corrected chi connectivity index (χ3v) is 5.57. The van der Waals surface area contributed by atoms with Gasteiger partial charge in [-0.2, -0.15) is 4.98 Å². The third kappa shape index (κ3) is 3.53. The zero-order valence-corrected chi connectivity index (χ0v) is 15.5. The summed E-state index contributed by atoms with van der Waals surface area (Å²) < 4.78 is 2.24. The molecule has 2 aromatic rings. The van der Waals surface area contributed by atoms with Gasteiger partial charge in [-0.05, 0) is 38.7 Å². The van der Waals surface area contributed by atoms with Gasteiger partial charge in [0.2, 0.25) is 5.95 Å². The van der Waals surface area contributed by atoms with Crippen molar-refractivity contribution in [2.45, 2.75) is 51.2 Å². The van der Waals surface area contributed by atoms with Crippen molar-refractivity contribution in [3.63, 3.8) is 0 Å². The number of piperidine rings is 2. The van der Waals surface area contributed by atoms with Crippen LogP contribution >= 0.6 is 0 Å². The predicted octanol–water partition coefficient (Wildman–Crippen LogP) is 2.04. The molecule has 0 spiro atoms. The summed E-state index contributed by atoms with van der Waals surface area (Å²) in [4.78, 5) is 18.5. The maximum absolute atomic E-state index is 9.72. The fourth-order valence-corrected chi connectivity index (χ4v) is 4.08. The van der Waals surface area contributed by atoms with Crippen LogP contribution in [0.5, 0.6) is 0 Å². The van der Waals surface area contributed by atoms with Gasteiger partial charge in [-0.25, -0.2) is 9.97 Å². The smallest absolute Gasteiger partial charge is 0.227 e. The molecule has 4 heterocycles. The first-order valence-electron chi connectivity index (χ1n) is 9.76. The lowest BCUT2D eigenvalue weighted by Gasteiger charge is -2.34. The van der Waals surface area contributed by atoms with E-state index in [4.69, 9.17) is 4.98 Å². The largest absolute Gasteiger partial charge is 0.393 e. The SMILES string of the molecule is CCn1ccnc1C1CCCN(c2nccc(N3CCC(O)CC3)n2)C1. The van der Waals surface area contributed by atoms with Crippen molar-refractivity contribution < 1.29 is 5.11 Å². The van der Waals surface area contributed by atoms with Crippen LogP contribution in [0.25, 0.3) is 0 Å². The number of imidazole rings is 1. The van der Waals surface area contributed by atoms with E-state index in [0.717, 1.165) is 70.2 Å². The maximum atomic E-state index is 9.72. The van der Waals surface area contributed by atoms with Gasteiger partial charge in [0.05, 0.1) is 6.10 Å². The Hall–Kier alpha value is -2.15. The van der Waals surface area contributed by atoms with Crippen LogP contribution in [0.4, 0.5) is 11.8 Å². The highest BCUT2D eigenvalue weighted by Crippen LogP contribution is 2.28. The molecule has 2 fully saturated rings. The minimum absolute atomic E-state index is 0.169. The van der Waals surface area contributed by atoms with E-state index in [9.17, 15) is 5.11 Å². The number of aryl methyl sites for hydroxylation is 1. The van der Waals surface area contributed by atoms with E-state index >= 15 is 0 Å². The molecule has 2 saturated heterocycles. The molecule has 0 aromatic carbocycles. The molecule has 7 heteroatoms. The molecule has 0 radical (unpaired) electrons. The summed E-state index contributed by atoms with van der Waals surface area (Å²) in [7, 11) is 0. The molecule has 0 aliphatic carbocycles. The Kier molecular flexibility index (Phi) is 5.06. The second kappa shape index (κ2) is 7.61. The average Bonchev–Trinajstić information content (AvgIpc) is 3.18. The summed E-state index contributed by atoms with van der Waals surface area (Å²) in [6.07, 6.45) is 9.57. The number of nitrogens with zero attached hydrogens (tertiary/aromatic N) is 6. The lowest BCUT2D eigenvalue weighted by molar-refractivity contribution is 0.145. The van der Waals surface area contributed by atoms with E-state index in [0.29, 0.717) is 5.92 Å². The first-order chi connectivity index (χ1) is 12.7. The Balaban J connectivity index is 1.49. The van der Waals surface area contributed by atoms with Crippen molar-refractivity contribution >= 4 is 11.8 Å². The molecule has 26 heavy (non-hydrogen) atoms. The molecule has 4 rings (SSSR count). The molecule has 140 valence electrons. The lowest BCUT2D eigenvalue weighted by Crippen LogP contribution is -2.38. The average molecular weight is 356 g/mol. The number of rotatable bonds is 4. The highest BCUT2D eigenvalue weighted by atomic mass is 16.3. The van der Waals surface area contributed by atoms with E-state index in [1.807, 2.05) is 18.5 Å². The van der Waals surface area contributed by atoms with E-state index in [1.54, 1.807) is 0 Å². The lowest BCUT2D eigenvalue weighted by atomic mass is 9.97. The Morgan fingerprint density at radius 3 is 2.73 bits per heavy atom. The van der Waals surface area contributed by atoms with Crippen LogP contribution in [-0.2, 0) is 6.54 Å². The van der Waals surface area contributed by atoms with Crippen LogP contribution in [-0.4, -0.2) is 56.9 Å². The van der Waals surface area contributed by atoms with Crippen molar-refractivity contribution in [2.24, 2.45) is 0 Å². The van der Waals surface area contributed by atoms with Gasteiger partial charge in [-0.15, -0.1) is 0 Å². The van der Waals surface area contributed by atoms with Crippen LogP contribution in [0.15, 0.2) is 24.7 Å². The molecule has 1 unspecified atom stereocenters. The van der Waals surface area contributed by atoms with E-state index < -0.39 is 0 Å². The van der Waals surface area contributed by atoms with Crippen LogP contribution in [0.3, 0.4) is 0 Å². The topological polar surface area (TPSA) is 70.3 Å². The zero-order valence-electron chi connectivity index (χ0n) is 15.5. The fraction of sp³-hybridized carbons (Fsp3) is 0.632. The molecule has 0 amide bonds. The Labute approximate surface area is 154 Å². The van der Waals surface area contributed by atoms with Gasteiger partial charge in [0.15, 0.2) is 0 Å². The molecule has 2 aliphatic rings. The van der Waals surface area contributed by atoms with Crippen LogP contribution in [0, 0.1) is 0 Å². The quantitative estimate of drug-likeness (QED) is 0.904. The van der Waals surface area contributed by atoms with Crippen LogP contribution in [0.1, 0.15) is 44.3 Å². The first-order valence-corrected chi connectivity index (χ1v) is 9.76. The van der Waals surface area contributed by atoms with Gasteiger partial charge in [0.1, 0.15) is 11.6 Å². The summed E-state index contributed by atoms with van der Waals surface area (Å²) in [5.41, 5.74) is 0. The number of aliphatic hydroxyl groups is 1. The number of aromatic nitrogens is 4. The van der Waals surface area contributed by atoms with Crippen molar-refractivity contribution in [3.8, 4) is 0 Å². The summed E-state index contributed by atoms with van der Waals surface area (Å²) in [6.45, 7) is 6.74. The van der Waals surface area contributed by atoms with Gasteiger partial charge < -0.3 is 19.5 Å². The molecule has 1 N–H and O–H groups in total. The van der Waals surface area contributed by atoms with Gasteiger partial charge in [-0.3, -0.25) is 0 Å². The summed E-state index contributed by atoms with van der Waals surface area (Å²) in [5.74, 6) is 3.39. The first kappa shape index (κ1) is 17.3. The number of aliphatic hydroxyl groups excluding tert-OH is 1. The number of anilines is 2. The molecular formula is C19H28N6O. The molecule has 2 aromatic heterocycles. The van der Waals surface area contributed by atoms with E-state index in [2.05, 4.69) is 37.5 Å². The third-order valence-electron chi connectivity index (χ3n) is 5.57. The zero-order chi connectivity index (χ0) is 17.9. The highest BCUT2D eigenvalue weighted by Gasteiger charge is 2.26. The van der Waals surface area contributed by atoms with Gasteiger partial charge >= 0.3 is 0 Å². The molecule has 7 nitrogen and oxygen atoms in total. The number of hydrogen-bond acceptors (Lipinski definition) is 6. The molecular weight excluding hydrogens is 328 g/mol. The molecule has 0 saturated carbocycles. The van der Waals surface area contributed by atoms with Gasteiger partial charge in [-0.1, -0.05) is 0 Å². The summed E-state index contributed by atoms with van der Waals surface area (Å²) >= 11 is 0. The van der Waals surface area contributed by atoms with Crippen molar-refractivity contribution in [1.82, 2.24) is 19.5 Å². The molecule has 2 aliphatic heterocycles. The summed E-state index contributed by atoms with van der Waals surface area (Å²) in [6, 6.07) is 1.98. The van der Waals surface area contributed by atoms with Crippen LogP contribution < -0.4 is 9.80 Å². The predicted molar refractivity (Wildman–Crippen MR) is 102 cm³/mol. The fourth-order valence-electron chi connectivity index (χ4n) is 4.08. The second-order valence-corrected chi connectivity index (χ2v) is 7.29. The Morgan fingerprint density at radius 1 is 1.08 bits per heavy atom.